The lowest BCUT2D eigenvalue weighted by atomic mass is 9.96. The Kier molecular flexibility index (Phi) is 4.89. The molecule has 0 fully saturated rings. The van der Waals surface area contributed by atoms with E-state index in [0.29, 0.717) is 13.0 Å². The number of halogens is 1. The SMILES string of the molecule is COc1cc(Cc2nc3c(c4c2[nH]c2ccccc24)CCN(CCO)C3)ccc1F. The number of rotatable bonds is 5. The van der Waals surface area contributed by atoms with Gasteiger partial charge in [-0.2, -0.15) is 0 Å². The molecule has 3 heterocycles. The Morgan fingerprint density at radius 1 is 1.23 bits per heavy atom. The summed E-state index contributed by atoms with van der Waals surface area (Å²) in [5.74, 6) is -0.123. The van der Waals surface area contributed by atoms with Crippen molar-refractivity contribution in [3.63, 3.8) is 0 Å². The smallest absolute Gasteiger partial charge is 0.165 e. The Hall–Kier alpha value is -2.96. The number of nitrogens with one attached hydrogen (secondary N) is 1. The zero-order valence-electron chi connectivity index (χ0n) is 16.9. The predicted octanol–water partition coefficient (Wildman–Crippen LogP) is 3.81. The summed E-state index contributed by atoms with van der Waals surface area (Å²) < 4.78 is 19.0. The summed E-state index contributed by atoms with van der Waals surface area (Å²) >= 11 is 0. The third-order valence-electron chi connectivity index (χ3n) is 5.97. The first-order valence-corrected chi connectivity index (χ1v) is 10.2. The number of aliphatic hydroxyl groups excluding tert-OH is 1. The van der Waals surface area contributed by atoms with Gasteiger partial charge in [-0.05, 0) is 35.7 Å². The van der Waals surface area contributed by atoms with Gasteiger partial charge in [-0.3, -0.25) is 9.88 Å². The van der Waals surface area contributed by atoms with Crippen LogP contribution in [0.2, 0.25) is 0 Å². The fourth-order valence-electron chi connectivity index (χ4n) is 4.53. The molecule has 6 heteroatoms. The molecular formula is C24H24FN3O2. The minimum atomic E-state index is -0.366. The van der Waals surface area contributed by atoms with E-state index in [1.54, 1.807) is 12.1 Å². The largest absolute Gasteiger partial charge is 0.494 e. The number of hydrogen-bond donors (Lipinski definition) is 2. The monoisotopic (exact) mass is 405 g/mol. The Morgan fingerprint density at radius 2 is 2.10 bits per heavy atom. The first-order valence-electron chi connectivity index (χ1n) is 10.2. The molecule has 2 N–H and O–H groups in total. The van der Waals surface area contributed by atoms with E-state index >= 15 is 0 Å². The fraction of sp³-hybridized carbons (Fsp3) is 0.292. The Labute approximate surface area is 174 Å². The maximum absolute atomic E-state index is 13.9. The number of β-amino-alcohol motifs (C(OH)–C–C–N with tert-alkyl or cyclic N) is 1. The van der Waals surface area contributed by atoms with E-state index in [9.17, 15) is 9.50 Å². The van der Waals surface area contributed by atoms with Crippen LogP contribution in [0, 0.1) is 5.82 Å². The van der Waals surface area contributed by atoms with Crippen LogP contribution in [0.1, 0.15) is 22.5 Å². The van der Waals surface area contributed by atoms with Crippen molar-refractivity contribution in [1.82, 2.24) is 14.9 Å². The van der Waals surface area contributed by atoms with Gasteiger partial charge in [0, 0.05) is 42.3 Å². The van der Waals surface area contributed by atoms with Crippen LogP contribution in [0.5, 0.6) is 5.75 Å². The highest BCUT2D eigenvalue weighted by Crippen LogP contribution is 2.35. The first kappa shape index (κ1) is 19.0. The van der Waals surface area contributed by atoms with Crippen LogP contribution in [-0.4, -0.2) is 46.8 Å². The van der Waals surface area contributed by atoms with E-state index < -0.39 is 0 Å². The molecular weight excluding hydrogens is 381 g/mol. The Balaban J connectivity index is 1.67. The summed E-state index contributed by atoms with van der Waals surface area (Å²) in [6.45, 7) is 2.44. The molecule has 4 aromatic rings. The van der Waals surface area contributed by atoms with Crippen LogP contribution in [0.4, 0.5) is 4.39 Å². The van der Waals surface area contributed by atoms with Crippen molar-refractivity contribution in [3.8, 4) is 5.75 Å². The molecule has 5 nitrogen and oxygen atoms in total. The van der Waals surface area contributed by atoms with E-state index in [4.69, 9.17) is 9.72 Å². The van der Waals surface area contributed by atoms with Crippen molar-refractivity contribution >= 4 is 21.8 Å². The topological polar surface area (TPSA) is 61.4 Å². The van der Waals surface area contributed by atoms with Gasteiger partial charge in [0.15, 0.2) is 11.6 Å². The van der Waals surface area contributed by atoms with E-state index in [0.717, 1.165) is 47.5 Å². The lowest BCUT2D eigenvalue weighted by Crippen LogP contribution is -2.33. The summed E-state index contributed by atoms with van der Waals surface area (Å²) in [5.41, 5.74) is 6.39. The number of aromatic nitrogens is 2. The molecule has 0 bridgehead atoms. The van der Waals surface area contributed by atoms with E-state index in [-0.39, 0.29) is 18.2 Å². The number of pyridine rings is 1. The van der Waals surface area contributed by atoms with E-state index in [1.165, 1.54) is 29.5 Å². The maximum atomic E-state index is 13.9. The van der Waals surface area contributed by atoms with Crippen molar-refractivity contribution < 1.29 is 14.2 Å². The van der Waals surface area contributed by atoms with Crippen LogP contribution in [-0.2, 0) is 19.4 Å². The van der Waals surface area contributed by atoms with Crippen molar-refractivity contribution in [2.24, 2.45) is 0 Å². The first-order chi connectivity index (χ1) is 14.7. The molecule has 0 amide bonds. The number of fused-ring (bicyclic) bond motifs is 5. The second kappa shape index (κ2) is 7.70. The van der Waals surface area contributed by atoms with Crippen LogP contribution in [0.15, 0.2) is 42.5 Å². The molecule has 1 aliphatic rings. The molecule has 2 aromatic carbocycles. The van der Waals surface area contributed by atoms with Crippen molar-refractivity contribution in [1.29, 1.82) is 0 Å². The van der Waals surface area contributed by atoms with Gasteiger partial charge in [-0.1, -0.05) is 24.3 Å². The van der Waals surface area contributed by atoms with Crippen LogP contribution in [0.3, 0.4) is 0 Å². The fourth-order valence-corrected chi connectivity index (χ4v) is 4.53. The molecule has 1 aliphatic heterocycles. The van der Waals surface area contributed by atoms with Crippen molar-refractivity contribution in [2.75, 3.05) is 26.8 Å². The molecule has 0 spiro atoms. The minimum Gasteiger partial charge on any atom is -0.494 e. The van der Waals surface area contributed by atoms with Crippen molar-refractivity contribution in [2.45, 2.75) is 19.4 Å². The summed E-state index contributed by atoms with van der Waals surface area (Å²) in [6, 6.07) is 13.3. The Morgan fingerprint density at radius 3 is 2.93 bits per heavy atom. The highest BCUT2D eigenvalue weighted by molar-refractivity contribution is 6.10. The molecule has 30 heavy (non-hydrogen) atoms. The van der Waals surface area contributed by atoms with Gasteiger partial charge in [0.05, 0.1) is 30.6 Å². The number of aromatic amines is 1. The average Bonchev–Trinajstić information content (AvgIpc) is 3.15. The number of benzene rings is 2. The number of aliphatic hydroxyl groups is 1. The van der Waals surface area contributed by atoms with Gasteiger partial charge in [0.25, 0.3) is 0 Å². The molecule has 154 valence electrons. The molecule has 0 saturated carbocycles. The second-order valence-electron chi connectivity index (χ2n) is 7.80. The molecule has 5 rings (SSSR count). The summed E-state index contributed by atoms with van der Waals surface area (Å²) in [5, 5.41) is 11.8. The lowest BCUT2D eigenvalue weighted by Gasteiger charge is -2.28. The van der Waals surface area contributed by atoms with E-state index in [1.807, 2.05) is 6.07 Å². The third kappa shape index (κ3) is 3.22. The van der Waals surface area contributed by atoms with Gasteiger partial charge in [0.1, 0.15) is 0 Å². The third-order valence-corrected chi connectivity index (χ3v) is 5.97. The molecule has 0 atom stereocenters. The predicted molar refractivity (Wildman–Crippen MR) is 115 cm³/mol. The number of nitrogens with zero attached hydrogens (tertiary/aromatic N) is 2. The number of hydrogen-bond acceptors (Lipinski definition) is 4. The van der Waals surface area contributed by atoms with Crippen LogP contribution >= 0.6 is 0 Å². The molecule has 0 unspecified atom stereocenters. The zero-order valence-corrected chi connectivity index (χ0v) is 16.9. The van der Waals surface area contributed by atoms with Gasteiger partial charge in [-0.15, -0.1) is 0 Å². The molecule has 0 radical (unpaired) electrons. The number of methoxy groups -OCH3 is 1. The summed E-state index contributed by atoms with van der Waals surface area (Å²) in [6.07, 6.45) is 1.48. The molecule has 2 aromatic heterocycles. The number of ether oxygens (including phenoxy) is 1. The molecule has 0 aliphatic carbocycles. The maximum Gasteiger partial charge on any atom is 0.165 e. The standard InChI is InChI=1S/C24H24FN3O2/c1-30-22-13-15(6-7-18(22)25)12-20-24-23(16-4-2-3-5-19(16)27-24)17-8-9-28(10-11-29)14-21(17)26-20/h2-7,13,27,29H,8-12,14H2,1H3. The minimum absolute atomic E-state index is 0.146. The van der Waals surface area contributed by atoms with Gasteiger partial charge >= 0.3 is 0 Å². The van der Waals surface area contributed by atoms with Crippen LogP contribution in [0.25, 0.3) is 21.8 Å². The summed E-state index contributed by atoms with van der Waals surface area (Å²) in [4.78, 5) is 10.9. The average molecular weight is 405 g/mol. The lowest BCUT2D eigenvalue weighted by molar-refractivity contribution is 0.183. The van der Waals surface area contributed by atoms with Gasteiger partial charge in [-0.25, -0.2) is 4.39 Å². The van der Waals surface area contributed by atoms with Gasteiger partial charge in [0.2, 0.25) is 0 Å². The van der Waals surface area contributed by atoms with E-state index in [2.05, 4.69) is 28.1 Å². The Bertz CT molecular complexity index is 1230. The quantitative estimate of drug-likeness (QED) is 0.530. The zero-order chi connectivity index (χ0) is 20.7. The highest BCUT2D eigenvalue weighted by atomic mass is 19.1. The number of H-pyrrole nitrogens is 1. The normalized spacial score (nSPS) is 14.4. The second-order valence-corrected chi connectivity index (χ2v) is 7.80. The van der Waals surface area contributed by atoms with Gasteiger partial charge < -0.3 is 14.8 Å². The summed E-state index contributed by atoms with van der Waals surface area (Å²) in [7, 11) is 1.48. The van der Waals surface area contributed by atoms with Crippen LogP contribution < -0.4 is 4.74 Å². The highest BCUT2D eigenvalue weighted by Gasteiger charge is 2.24. The molecule has 0 saturated heterocycles. The number of para-hydroxylation sites is 1. The van der Waals surface area contributed by atoms with Crippen molar-refractivity contribution in [3.05, 3.63) is 70.8 Å².